The van der Waals surface area contributed by atoms with E-state index < -0.39 is 0 Å². The Balaban J connectivity index is -0.000000403. The van der Waals surface area contributed by atoms with Crippen LogP contribution in [0.2, 0.25) is 0 Å². The van der Waals surface area contributed by atoms with Gasteiger partial charge in [-0.2, -0.15) is 0 Å². The summed E-state index contributed by atoms with van der Waals surface area (Å²) in [7, 11) is 0. The average molecular weight is 284 g/mol. The van der Waals surface area contributed by atoms with Gasteiger partial charge in [-0.05, 0) is 25.0 Å². The molecule has 0 fully saturated rings. The molecular formula is C8H10Cl2N3Zn. The molecule has 1 rings (SSSR count). The van der Waals surface area contributed by atoms with Gasteiger partial charge in [-0.15, -0.1) is 0 Å². The molecule has 0 aliphatic carbocycles. The summed E-state index contributed by atoms with van der Waals surface area (Å²) < 4.78 is 0. The third-order valence-corrected chi connectivity index (χ3v) is 1.87. The summed E-state index contributed by atoms with van der Waals surface area (Å²) in [6.07, 6.45) is 0. The summed E-state index contributed by atoms with van der Waals surface area (Å²) >= 11 is 0. The molecular weight excluding hydrogens is 274 g/mol. The fourth-order valence-corrected chi connectivity index (χ4v) is 0.910. The molecule has 0 saturated carbocycles. The zero-order valence-electron chi connectivity index (χ0n) is 8.09. The van der Waals surface area contributed by atoms with Crippen LogP contribution in [0, 0.1) is 19.2 Å². The van der Waals surface area contributed by atoms with Crippen molar-refractivity contribution in [2.45, 2.75) is 13.8 Å². The van der Waals surface area contributed by atoms with Gasteiger partial charge in [0.1, 0.15) is 5.69 Å². The number of benzene rings is 1. The smallest absolute Gasteiger partial charge is 1.00 e. The molecule has 0 aliphatic heterocycles. The second-order valence-electron chi connectivity index (χ2n) is 2.54. The van der Waals surface area contributed by atoms with E-state index in [0.29, 0.717) is 11.4 Å². The zero-order chi connectivity index (χ0) is 8.43. The first kappa shape index (κ1) is 19.3. The summed E-state index contributed by atoms with van der Waals surface area (Å²) in [5, 5.41) is 8.48. The van der Waals surface area contributed by atoms with Crippen LogP contribution in [0.3, 0.4) is 0 Å². The summed E-state index contributed by atoms with van der Waals surface area (Å²) in [6.45, 7) is 3.87. The number of diazo groups is 1. The maximum Gasteiger partial charge on any atom is 1.00 e. The van der Waals surface area contributed by atoms with Crippen molar-refractivity contribution in [2.24, 2.45) is 0 Å². The standard InChI is InChI=1S/C8H10N3.2ClH.Zn/c1-5-3-4-7(11-10)8(9)6(5)2;;;/h3-4H,9H2,1-2H3;2*1H;/q+1;;;+1/p-2. The van der Waals surface area contributed by atoms with Crippen molar-refractivity contribution in [3.05, 3.63) is 28.2 Å². The largest absolute Gasteiger partial charge is 1.00 e. The fourth-order valence-electron chi connectivity index (χ4n) is 0.910. The number of anilines is 1. The molecule has 0 amide bonds. The zero-order valence-corrected chi connectivity index (χ0v) is 12.6. The van der Waals surface area contributed by atoms with E-state index in [2.05, 4.69) is 4.98 Å². The van der Waals surface area contributed by atoms with Gasteiger partial charge < -0.3 is 30.5 Å². The Morgan fingerprint density at radius 1 is 1.21 bits per heavy atom. The SMILES string of the molecule is Cc1ccc([N+]#N)c(N)c1C.[Cl-].[Cl-].[Zn+]. The van der Waals surface area contributed by atoms with Crippen LogP contribution in [0.25, 0.3) is 4.98 Å². The van der Waals surface area contributed by atoms with Gasteiger partial charge in [-0.1, -0.05) is 6.07 Å². The molecule has 0 spiro atoms. The molecule has 0 heterocycles. The molecule has 2 N–H and O–H groups in total. The summed E-state index contributed by atoms with van der Waals surface area (Å²) in [5.41, 5.74) is 8.71. The molecule has 1 aromatic carbocycles. The van der Waals surface area contributed by atoms with E-state index >= 15 is 0 Å². The maximum absolute atomic E-state index is 8.48. The Hall–Kier alpha value is -0.357. The second-order valence-corrected chi connectivity index (χ2v) is 2.54. The maximum atomic E-state index is 8.48. The van der Waals surface area contributed by atoms with E-state index in [-0.39, 0.29) is 44.3 Å². The van der Waals surface area contributed by atoms with Crippen LogP contribution in [0.4, 0.5) is 11.4 Å². The van der Waals surface area contributed by atoms with Crippen LogP contribution in [0.1, 0.15) is 11.1 Å². The van der Waals surface area contributed by atoms with Crippen molar-refractivity contribution < 1.29 is 44.3 Å². The topological polar surface area (TPSA) is 54.2 Å². The quantitative estimate of drug-likeness (QED) is 0.304. The third kappa shape index (κ3) is 3.79. The van der Waals surface area contributed by atoms with Gasteiger partial charge in [-0.25, -0.2) is 0 Å². The average Bonchev–Trinajstić information content (AvgIpc) is 2.01. The molecule has 0 aromatic heterocycles. The molecule has 1 radical (unpaired) electrons. The van der Waals surface area contributed by atoms with Crippen molar-refractivity contribution >= 4 is 11.4 Å². The van der Waals surface area contributed by atoms with E-state index in [4.69, 9.17) is 11.1 Å². The monoisotopic (exact) mass is 282 g/mol. The first-order chi connectivity index (χ1) is 5.16. The number of aryl methyl sites for hydroxylation is 1. The van der Waals surface area contributed by atoms with Crippen LogP contribution >= 0.6 is 0 Å². The van der Waals surface area contributed by atoms with Gasteiger partial charge in [0.2, 0.25) is 5.39 Å². The van der Waals surface area contributed by atoms with Crippen molar-refractivity contribution in [1.82, 2.24) is 0 Å². The van der Waals surface area contributed by atoms with Gasteiger partial charge in [0.25, 0.3) is 0 Å². The van der Waals surface area contributed by atoms with E-state index in [1.54, 1.807) is 6.07 Å². The summed E-state index contributed by atoms with van der Waals surface area (Å²) in [5.74, 6) is 0. The first-order valence-electron chi connectivity index (χ1n) is 3.37. The Morgan fingerprint density at radius 2 is 1.71 bits per heavy atom. The predicted molar refractivity (Wildman–Crippen MR) is 45.1 cm³/mol. The van der Waals surface area contributed by atoms with Crippen LogP contribution in [0.5, 0.6) is 0 Å². The molecule has 1 aromatic rings. The van der Waals surface area contributed by atoms with Gasteiger partial charge in [-0.3, -0.25) is 0 Å². The molecule has 6 heteroatoms. The number of hydrogen-bond donors (Lipinski definition) is 1. The Morgan fingerprint density at radius 3 is 2.14 bits per heavy atom. The fraction of sp³-hybridized carbons (Fsp3) is 0.250. The van der Waals surface area contributed by atoms with E-state index in [1.165, 1.54) is 0 Å². The Kier molecular flexibility index (Phi) is 11.0. The van der Waals surface area contributed by atoms with Gasteiger partial charge >= 0.3 is 25.2 Å². The second kappa shape index (κ2) is 7.99. The first-order valence-corrected chi connectivity index (χ1v) is 3.37. The van der Waals surface area contributed by atoms with Crippen molar-refractivity contribution in [3.8, 4) is 0 Å². The van der Waals surface area contributed by atoms with Crippen molar-refractivity contribution in [1.29, 1.82) is 5.39 Å². The Bertz CT molecular complexity index is 336. The van der Waals surface area contributed by atoms with Gasteiger partial charge in [0.05, 0.1) is 0 Å². The molecule has 73 valence electrons. The van der Waals surface area contributed by atoms with Gasteiger partial charge in [0, 0.05) is 6.07 Å². The Labute approximate surface area is 109 Å². The number of halogens is 2. The molecule has 0 unspecified atom stereocenters. The van der Waals surface area contributed by atoms with E-state index in [0.717, 1.165) is 11.1 Å². The van der Waals surface area contributed by atoms with Gasteiger partial charge in [0.15, 0.2) is 4.98 Å². The molecule has 3 nitrogen and oxygen atoms in total. The predicted octanol–water partition coefficient (Wildman–Crippen LogP) is -3.62. The van der Waals surface area contributed by atoms with Crippen LogP contribution in [-0.2, 0) is 19.5 Å². The molecule has 0 atom stereocenters. The van der Waals surface area contributed by atoms with E-state index in [1.807, 2.05) is 19.9 Å². The van der Waals surface area contributed by atoms with Crippen molar-refractivity contribution in [2.75, 3.05) is 5.73 Å². The number of rotatable bonds is 0. The number of nitrogen functional groups attached to an aromatic ring is 1. The van der Waals surface area contributed by atoms with Crippen LogP contribution in [0.15, 0.2) is 12.1 Å². The summed E-state index contributed by atoms with van der Waals surface area (Å²) in [4.78, 5) is 3.05. The normalized spacial score (nSPS) is 7.21. The molecule has 0 bridgehead atoms. The third-order valence-electron chi connectivity index (χ3n) is 1.87. The summed E-state index contributed by atoms with van der Waals surface area (Å²) in [6, 6.07) is 3.57. The molecule has 0 aliphatic rings. The van der Waals surface area contributed by atoms with Crippen LogP contribution < -0.4 is 30.5 Å². The number of hydrogen-bond acceptors (Lipinski definition) is 2. The minimum Gasteiger partial charge on any atom is -1.00 e. The van der Waals surface area contributed by atoms with Crippen molar-refractivity contribution in [3.63, 3.8) is 0 Å². The number of nitrogens with zero attached hydrogens (tertiary/aromatic N) is 2. The minimum absolute atomic E-state index is 0. The minimum atomic E-state index is 0. The molecule has 14 heavy (non-hydrogen) atoms. The van der Waals surface area contributed by atoms with Crippen LogP contribution in [-0.4, -0.2) is 0 Å². The van der Waals surface area contributed by atoms with E-state index in [9.17, 15) is 0 Å². The number of nitrogens with two attached hydrogens (primary N) is 1. The molecule has 0 saturated heterocycles.